The molecule has 1 amide bonds. The molecular formula is C21H23N3O3. The van der Waals surface area contributed by atoms with Gasteiger partial charge in [0.05, 0.1) is 19.3 Å². The van der Waals surface area contributed by atoms with Gasteiger partial charge in [0, 0.05) is 6.07 Å². The molecule has 27 heavy (non-hydrogen) atoms. The van der Waals surface area contributed by atoms with Gasteiger partial charge in [0.15, 0.2) is 6.61 Å². The molecule has 6 nitrogen and oxygen atoms in total. The molecule has 0 saturated heterocycles. The van der Waals surface area contributed by atoms with Crippen molar-refractivity contribution >= 4 is 11.7 Å². The van der Waals surface area contributed by atoms with Gasteiger partial charge in [-0.15, -0.1) is 0 Å². The van der Waals surface area contributed by atoms with Crippen molar-refractivity contribution in [1.29, 1.82) is 0 Å². The fraction of sp³-hybridized carbons (Fsp3) is 0.238. The molecule has 0 spiro atoms. The second-order valence-electron chi connectivity index (χ2n) is 6.02. The minimum atomic E-state index is -0.240. The number of anilines is 1. The van der Waals surface area contributed by atoms with E-state index in [4.69, 9.17) is 9.47 Å². The summed E-state index contributed by atoms with van der Waals surface area (Å²) >= 11 is 0. The maximum Gasteiger partial charge on any atom is 0.263 e. The summed E-state index contributed by atoms with van der Waals surface area (Å²) in [6.45, 7) is 3.25. The topological polar surface area (TPSA) is 65.4 Å². The van der Waals surface area contributed by atoms with E-state index in [1.165, 1.54) is 0 Å². The molecule has 1 aromatic heterocycles. The summed E-state index contributed by atoms with van der Waals surface area (Å²) in [5, 5.41) is 7.10. The number of nitrogens with zero attached hydrogens (tertiary/aromatic N) is 2. The van der Waals surface area contributed by atoms with Crippen molar-refractivity contribution in [2.45, 2.75) is 19.9 Å². The summed E-state index contributed by atoms with van der Waals surface area (Å²) in [6.07, 6.45) is 2.62. The Morgan fingerprint density at radius 2 is 1.70 bits per heavy atom. The van der Waals surface area contributed by atoms with Crippen molar-refractivity contribution in [3.05, 3.63) is 72.4 Å². The zero-order valence-corrected chi connectivity index (χ0v) is 15.3. The molecule has 6 heteroatoms. The predicted octanol–water partition coefficient (Wildman–Crippen LogP) is 3.74. The van der Waals surface area contributed by atoms with Crippen LogP contribution in [-0.2, 0) is 11.3 Å². The number of ether oxygens (including phenoxy) is 2. The lowest BCUT2D eigenvalue weighted by atomic mass is 10.2. The van der Waals surface area contributed by atoms with Crippen LogP contribution in [0.1, 0.15) is 18.9 Å². The molecule has 1 N–H and O–H groups in total. The van der Waals surface area contributed by atoms with Crippen molar-refractivity contribution in [1.82, 2.24) is 9.78 Å². The van der Waals surface area contributed by atoms with Crippen LogP contribution in [0.4, 0.5) is 5.82 Å². The quantitative estimate of drug-likeness (QED) is 0.627. The highest BCUT2D eigenvalue weighted by atomic mass is 16.5. The lowest BCUT2D eigenvalue weighted by Crippen LogP contribution is -2.22. The number of aromatic nitrogens is 2. The van der Waals surface area contributed by atoms with E-state index in [1.807, 2.05) is 42.5 Å². The number of carbonyl (C=O) groups excluding carboxylic acids is 1. The number of nitrogens with one attached hydrogen (secondary N) is 1. The number of hydrogen-bond acceptors (Lipinski definition) is 4. The second-order valence-corrected chi connectivity index (χ2v) is 6.02. The van der Waals surface area contributed by atoms with Gasteiger partial charge in [-0.2, -0.15) is 5.10 Å². The second kappa shape index (κ2) is 9.43. The Kier molecular flexibility index (Phi) is 6.46. The highest BCUT2D eigenvalue weighted by Crippen LogP contribution is 2.18. The standard InChI is InChI=1S/C21H23N3O3/c1-2-14-26-18-8-10-19(11-9-18)27-16-21(25)23-20-12-13-22-24(20)15-17-6-4-3-5-7-17/h3-13H,2,14-16H2,1H3,(H,23,25). The van der Waals surface area contributed by atoms with Gasteiger partial charge in [-0.1, -0.05) is 37.3 Å². The summed E-state index contributed by atoms with van der Waals surface area (Å²) in [5.74, 6) is 1.80. The van der Waals surface area contributed by atoms with Gasteiger partial charge in [0.25, 0.3) is 5.91 Å². The molecule has 140 valence electrons. The van der Waals surface area contributed by atoms with Gasteiger partial charge >= 0.3 is 0 Å². The molecule has 0 bridgehead atoms. The Balaban J connectivity index is 1.50. The van der Waals surface area contributed by atoms with Gasteiger partial charge in [0.1, 0.15) is 17.3 Å². The number of rotatable bonds is 9. The van der Waals surface area contributed by atoms with E-state index in [0.717, 1.165) is 17.7 Å². The molecule has 0 aliphatic carbocycles. The Labute approximate surface area is 158 Å². The molecule has 3 aromatic rings. The first-order valence-electron chi connectivity index (χ1n) is 8.96. The monoisotopic (exact) mass is 365 g/mol. The van der Waals surface area contributed by atoms with E-state index in [1.54, 1.807) is 29.1 Å². The third-order valence-electron chi connectivity index (χ3n) is 3.83. The van der Waals surface area contributed by atoms with Crippen LogP contribution in [0.5, 0.6) is 11.5 Å². The number of carbonyl (C=O) groups is 1. The van der Waals surface area contributed by atoms with Gasteiger partial charge in [-0.05, 0) is 36.2 Å². The molecule has 0 aliphatic heterocycles. The van der Waals surface area contributed by atoms with Crippen LogP contribution in [-0.4, -0.2) is 28.9 Å². The van der Waals surface area contributed by atoms with Crippen LogP contribution in [0.15, 0.2) is 66.9 Å². The number of hydrogen-bond donors (Lipinski definition) is 1. The highest BCUT2D eigenvalue weighted by Gasteiger charge is 2.09. The largest absolute Gasteiger partial charge is 0.494 e. The molecule has 0 aliphatic rings. The summed E-state index contributed by atoms with van der Waals surface area (Å²) in [5.41, 5.74) is 1.11. The van der Waals surface area contributed by atoms with E-state index in [-0.39, 0.29) is 12.5 Å². The van der Waals surface area contributed by atoms with Crippen molar-refractivity contribution in [3.63, 3.8) is 0 Å². The van der Waals surface area contributed by atoms with Crippen LogP contribution < -0.4 is 14.8 Å². The molecule has 0 unspecified atom stereocenters. The van der Waals surface area contributed by atoms with E-state index < -0.39 is 0 Å². The highest BCUT2D eigenvalue weighted by molar-refractivity contribution is 5.91. The molecular weight excluding hydrogens is 342 g/mol. The third kappa shape index (κ3) is 5.60. The lowest BCUT2D eigenvalue weighted by molar-refractivity contribution is -0.118. The zero-order chi connectivity index (χ0) is 18.9. The molecule has 0 saturated carbocycles. The fourth-order valence-electron chi connectivity index (χ4n) is 2.50. The minimum Gasteiger partial charge on any atom is -0.494 e. The van der Waals surface area contributed by atoms with E-state index >= 15 is 0 Å². The summed E-state index contributed by atoms with van der Waals surface area (Å²) in [6, 6.07) is 19.0. The van der Waals surface area contributed by atoms with Crippen molar-refractivity contribution < 1.29 is 14.3 Å². The summed E-state index contributed by atoms with van der Waals surface area (Å²) in [4.78, 5) is 12.2. The molecule has 0 atom stereocenters. The Bertz CT molecular complexity index is 845. The van der Waals surface area contributed by atoms with Gasteiger partial charge < -0.3 is 14.8 Å². The third-order valence-corrected chi connectivity index (χ3v) is 3.83. The first kappa shape index (κ1) is 18.5. The van der Waals surface area contributed by atoms with Crippen molar-refractivity contribution in [2.24, 2.45) is 0 Å². The number of benzene rings is 2. The van der Waals surface area contributed by atoms with Crippen LogP contribution in [0.3, 0.4) is 0 Å². The van der Waals surface area contributed by atoms with Crippen molar-refractivity contribution in [3.8, 4) is 11.5 Å². The van der Waals surface area contributed by atoms with Crippen molar-refractivity contribution in [2.75, 3.05) is 18.5 Å². The number of amides is 1. The molecule has 2 aromatic carbocycles. The normalized spacial score (nSPS) is 10.4. The SMILES string of the molecule is CCCOc1ccc(OCC(=O)Nc2ccnn2Cc2ccccc2)cc1. The smallest absolute Gasteiger partial charge is 0.263 e. The van der Waals surface area contributed by atoms with E-state index in [9.17, 15) is 4.79 Å². The van der Waals surface area contributed by atoms with E-state index in [0.29, 0.717) is 24.7 Å². The predicted molar refractivity (Wildman–Crippen MR) is 104 cm³/mol. The average molecular weight is 365 g/mol. The van der Waals surface area contributed by atoms with Crippen LogP contribution >= 0.6 is 0 Å². The minimum absolute atomic E-state index is 0.0777. The first-order chi connectivity index (χ1) is 13.2. The molecule has 0 radical (unpaired) electrons. The van der Waals surface area contributed by atoms with Gasteiger partial charge in [0.2, 0.25) is 0 Å². The molecule has 1 heterocycles. The summed E-state index contributed by atoms with van der Waals surface area (Å²) in [7, 11) is 0. The maximum absolute atomic E-state index is 12.2. The Hall–Kier alpha value is -3.28. The first-order valence-corrected chi connectivity index (χ1v) is 8.96. The fourth-order valence-corrected chi connectivity index (χ4v) is 2.50. The van der Waals surface area contributed by atoms with Crippen LogP contribution in [0.25, 0.3) is 0 Å². The summed E-state index contributed by atoms with van der Waals surface area (Å²) < 4.78 is 12.8. The Morgan fingerprint density at radius 1 is 1.00 bits per heavy atom. The average Bonchev–Trinajstić information content (AvgIpc) is 3.13. The lowest BCUT2D eigenvalue weighted by Gasteiger charge is -2.10. The van der Waals surface area contributed by atoms with E-state index in [2.05, 4.69) is 17.3 Å². The van der Waals surface area contributed by atoms with Gasteiger partial charge in [-0.3, -0.25) is 4.79 Å². The molecule has 0 fully saturated rings. The van der Waals surface area contributed by atoms with Crippen LogP contribution in [0.2, 0.25) is 0 Å². The van der Waals surface area contributed by atoms with Crippen LogP contribution in [0, 0.1) is 0 Å². The zero-order valence-electron chi connectivity index (χ0n) is 15.3. The molecule has 3 rings (SSSR count). The Morgan fingerprint density at radius 3 is 2.41 bits per heavy atom. The maximum atomic E-state index is 12.2. The van der Waals surface area contributed by atoms with Gasteiger partial charge in [-0.25, -0.2) is 4.68 Å².